The van der Waals surface area contributed by atoms with Crippen molar-refractivity contribution in [2.45, 2.75) is 0 Å². The maximum Gasteiger partial charge on any atom is 0.341 e. The Morgan fingerprint density at radius 3 is 2.67 bits per heavy atom. The van der Waals surface area contributed by atoms with Gasteiger partial charge in [-0.3, -0.25) is 4.79 Å². The van der Waals surface area contributed by atoms with Gasteiger partial charge in [0.05, 0.1) is 5.02 Å². The van der Waals surface area contributed by atoms with Gasteiger partial charge in [-0.2, -0.15) is 0 Å². The van der Waals surface area contributed by atoms with Crippen molar-refractivity contribution in [1.29, 1.82) is 0 Å². The molecular formula is C12H7ClFNO3. The summed E-state index contributed by atoms with van der Waals surface area (Å²) in [5, 5.41) is 8.87. The van der Waals surface area contributed by atoms with Crippen molar-refractivity contribution in [3.8, 4) is 11.1 Å². The number of benzene rings is 1. The Bertz CT molecular complexity index is 681. The van der Waals surface area contributed by atoms with Crippen LogP contribution in [0.15, 0.2) is 35.3 Å². The highest BCUT2D eigenvalue weighted by molar-refractivity contribution is 6.31. The summed E-state index contributed by atoms with van der Waals surface area (Å²) in [4.78, 5) is 24.8. The van der Waals surface area contributed by atoms with Gasteiger partial charge in [-0.25, -0.2) is 9.18 Å². The van der Waals surface area contributed by atoms with Crippen molar-refractivity contribution in [1.82, 2.24) is 4.98 Å². The molecule has 4 nitrogen and oxygen atoms in total. The molecule has 0 fully saturated rings. The maximum absolute atomic E-state index is 13.0. The number of H-pyrrole nitrogens is 1. The molecule has 0 aliphatic heterocycles. The van der Waals surface area contributed by atoms with Crippen LogP contribution in [0.4, 0.5) is 4.39 Å². The Balaban J connectivity index is 2.71. The first-order valence-electron chi connectivity index (χ1n) is 4.91. The molecule has 6 heteroatoms. The van der Waals surface area contributed by atoms with E-state index in [0.717, 1.165) is 6.07 Å². The summed E-state index contributed by atoms with van der Waals surface area (Å²) in [6.07, 6.45) is 1.32. The average molecular weight is 268 g/mol. The van der Waals surface area contributed by atoms with E-state index in [1.165, 1.54) is 24.4 Å². The van der Waals surface area contributed by atoms with E-state index < -0.39 is 22.9 Å². The van der Waals surface area contributed by atoms with Crippen LogP contribution in [0.3, 0.4) is 0 Å². The van der Waals surface area contributed by atoms with Crippen LogP contribution >= 0.6 is 11.6 Å². The molecule has 1 aromatic heterocycles. The molecule has 0 spiro atoms. The zero-order valence-electron chi connectivity index (χ0n) is 8.91. The van der Waals surface area contributed by atoms with Crippen LogP contribution in [0.1, 0.15) is 10.4 Å². The van der Waals surface area contributed by atoms with Crippen molar-refractivity contribution in [2.24, 2.45) is 0 Å². The zero-order chi connectivity index (χ0) is 13.3. The minimum Gasteiger partial charge on any atom is -0.477 e. The number of halogens is 2. The van der Waals surface area contributed by atoms with Crippen LogP contribution in [0.5, 0.6) is 0 Å². The molecule has 0 bridgehead atoms. The first kappa shape index (κ1) is 12.3. The lowest BCUT2D eigenvalue weighted by molar-refractivity contribution is 0.0696. The van der Waals surface area contributed by atoms with Gasteiger partial charge in [0.1, 0.15) is 11.4 Å². The molecule has 2 aromatic rings. The Labute approximate surface area is 106 Å². The van der Waals surface area contributed by atoms with Gasteiger partial charge in [0.2, 0.25) is 0 Å². The molecule has 1 aromatic carbocycles. The molecule has 18 heavy (non-hydrogen) atoms. The highest BCUT2D eigenvalue weighted by Crippen LogP contribution is 2.26. The largest absolute Gasteiger partial charge is 0.477 e. The van der Waals surface area contributed by atoms with Crippen molar-refractivity contribution in [3.63, 3.8) is 0 Å². The summed E-state index contributed by atoms with van der Waals surface area (Å²) >= 11 is 5.63. The Hall–Kier alpha value is -2.14. The van der Waals surface area contributed by atoms with E-state index in [2.05, 4.69) is 4.98 Å². The van der Waals surface area contributed by atoms with Gasteiger partial charge in [0.25, 0.3) is 5.56 Å². The number of aromatic amines is 1. The van der Waals surface area contributed by atoms with Crippen LogP contribution in [0.2, 0.25) is 5.02 Å². The summed E-state index contributed by atoms with van der Waals surface area (Å²) in [7, 11) is 0. The predicted octanol–water partition coefficient (Wildman–Crippen LogP) is 2.53. The Kier molecular flexibility index (Phi) is 3.16. The number of hydrogen-bond acceptors (Lipinski definition) is 2. The SMILES string of the molecule is O=C(O)c1c(-c2ccc(F)c(Cl)c2)cc[nH]c1=O. The fourth-order valence-corrected chi connectivity index (χ4v) is 1.78. The molecule has 0 aliphatic carbocycles. The summed E-state index contributed by atoms with van der Waals surface area (Å²) in [6, 6.07) is 5.18. The molecule has 0 unspecified atom stereocenters. The number of pyridine rings is 1. The number of rotatable bonds is 2. The number of carbonyl (C=O) groups is 1. The third-order valence-electron chi connectivity index (χ3n) is 2.41. The summed E-state index contributed by atoms with van der Waals surface area (Å²) in [5.41, 5.74) is -0.571. The molecule has 0 amide bonds. The standard InChI is InChI=1S/C12H7ClFNO3/c13-8-5-6(1-2-9(8)14)7-3-4-15-11(16)10(7)12(17)18/h1-5H,(H,15,16)(H,17,18). The van der Waals surface area contributed by atoms with Crippen LogP contribution in [-0.2, 0) is 0 Å². The number of carboxylic acids is 1. The van der Waals surface area contributed by atoms with Gasteiger partial charge in [-0.15, -0.1) is 0 Å². The molecule has 0 saturated carbocycles. The summed E-state index contributed by atoms with van der Waals surface area (Å²) < 4.78 is 13.0. The summed E-state index contributed by atoms with van der Waals surface area (Å²) in [5.74, 6) is -1.96. The molecule has 0 saturated heterocycles. The van der Waals surface area contributed by atoms with Crippen molar-refractivity contribution in [2.75, 3.05) is 0 Å². The lowest BCUT2D eigenvalue weighted by Gasteiger charge is -2.06. The van der Waals surface area contributed by atoms with Crippen molar-refractivity contribution >= 4 is 17.6 Å². The van der Waals surface area contributed by atoms with E-state index in [1.807, 2.05) is 0 Å². The molecular weight excluding hydrogens is 261 g/mol. The van der Waals surface area contributed by atoms with Crippen molar-refractivity contribution in [3.05, 3.63) is 57.2 Å². The molecule has 1 heterocycles. The minimum absolute atomic E-state index is 0.135. The van der Waals surface area contributed by atoms with Crippen LogP contribution in [0.25, 0.3) is 11.1 Å². The van der Waals surface area contributed by atoms with Crippen LogP contribution in [-0.4, -0.2) is 16.1 Å². The van der Waals surface area contributed by atoms with Gasteiger partial charge in [0, 0.05) is 11.8 Å². The number of hydrogen-bond donors (Lipinski definition) is 2. The Morgan fingerprint density at radius 1 is 1.33 bits per heavy atom. The second-order valence-electron chi connectivity index (χ2n) is 3.53. The third-order valence-corrected chi connectivity index (χ3v) is 2.69. The van der Waals surface area contributed by atoms with E-state index >= 15 is 0 Å². The fourth-order valence-electron chi connectivity index (χ4n) is 1.60. The van der Waals surface area contributed by atoms with Crippen molar-refractivity contribution < 1.29 is 14.3 Å². The first-order valence-corrected chi connectivity index (χ1v) is 5.29. The lowest BCUT2D eigenvalue weighted by Crippen LogP contribution is -2.18. The highest BCUT2D eigenvalue weighted by Gasteiger charge is 2.16. The molecule has 92 valence electrons. The molecule has 2 rings (SSSR count). The van der Waals surface area contributed by atoms with E-state index in [1.54, 1.807) is 0 Å². The smallest absolute Gasteiger partial charge is 0.341 e. The monoisotopic (exact) mass is 267 g/mol. The fraction of sp³-hybridized carbons (Fsp3) is 0. The van der Waals surface area contributed by atoms with Gasteiger partial charge in [-0.05, 0) is 23.8 Å². The average Bonchev–Trinajstić information content (AvgIpc) is 2.32. The van der Waals surface area contributed by atoms with Gasteiger partial charge < -0.3 is 10.1 Å². The molecule has 2 N–H and O–H groups in total. The van der Waals surface area contributed by atoms with E-state index in [4.69, 9.17) is 16.7 Å². The highest BCUT2D eigenvalue weighted by atomic mass is 35.5. The van der Waals surface area contributed by atoms with Gasteiger partial charge in [0.15, 0.2) is 0 Å². The first-order chi connectivity index (χ1) is 8.50. The number of nitrogens with one attached hydrogen (secondary N) is 1. The third kappa shape index (κ3) is 2.12. The van der Waals surface area contributed by atoms with Crippen LogP contribution < -0.4 is 5.56 Å². The van der Waals surface area contributed by atoms with E-state index in [9.17, 15) is 14.0 Å². The minimum atomic E-state index is -1.35. The predicted molar refractivity (Wildman–Crippen MR) is 64.4 cm³/mol. The Morgan fingerprint density at radius 2 is 2.06 bits per heavy atom. The summed E-state index contributed by atoms with van der Waals surface area (Å²) in [6.45, 7) is 0. The van der Waals surface area contributed by atoms with Crippen LogP contribution in [0, 0.1) is 5.82 Å². The lowest BCUT2D eigenvalue weighted by atomic mass is 10.0. The van der Waals surface area contributed by atoms with Gasteiger partial charge >= 0.3 is 5.97 Å². The second-order valence-corrected chi connectivity index (χ2v) is 3.94. The number of carboxylic acid groups (broad SMARTS) is 1. The zero-order valence-corrected chi connectivity index (χ0v) is 9.66. The molecule has 0 atom stereocenters. The van der Waals surface area contributed by atoms with E-state index in [-0.39, 0.29) is 10.6 Å². The number of aromatic nitrogens is 1. The van der Waals surface area contributed by atoms with E-state index in [0.29, 0.717) is 5.56 Å². The number of aromatic carboxylic acids is 1. The second kappa shape index (κ2) is 4.62. The molecule has 0 aliphatic rings. The maximum atomic E-state index is 13.0. The topological polar surface area (TPSA) is 70.2 Å². The van der Waals surface area contributed by atoms with Gasteiger partial charge in [-0.1, -0.05) is 17.7 Å². The normalized spacial score (nSPS) is 10.3. The quantitative estimate of drug-likeness (QED) is 0.878. The molecule has 0 radical (unpaired) electrons.